The summed E-state index contributed by atoms with van der Waals surface area (Å²) in [6, 6.07) is 8.54. The molecule has 1 aromatic carbocycles. The minimum absolute atomic E-state index is 0.118. The number of piperidine rings is 1. The van der Waals surface area contributed by atoms with Crippen molar-refractivity contribution in [2.24, 2.45) is 5.92 Å². The highest BCUT2D eigenvalue weighted by Gasteiger charge is 2.19. The zero-order valence-electron chi connectivity index (χ0n) is 16.0. The molecule has 1 fully saturated rings. The third-order valence-corrected chi connectivity index (χ3v) is 5.25. The lowest BCUT2D eigenvalue weighted by molar-refractivity contribution is 0.0948. The maximum atomic E-state index is 12.4. The van der Waals surface area contributed by atoms with E-state index in [1.54, 1.807) is 6.92 Å². The molecule has 0 aliphatic carbocycles. The molecule has 1 aliphatic rings. The van der Waals surface area contributed by atoms with Gasteiger partial charge in [-0.3, -0.25) is 9.69 Å². The third-order valence-electron chi connectivity index (χ3n) is 5.25. The molecule has 0 radical (unpaired) electrons. The number of hydrogen-bond donors (Lipinski definition) is 1. The third kappa shape index (κ3) is 4.52. The number of hydrogen-bond acceptors (Lipinski definition) is 4. The van der Waals surface area contributed by atoms with Crippen LogP contribution in [0.3, 0.4) is 0 Å². The average molecular weight is 355 g/mol. The van der Waals surface area contributed by atoms with Crippen LogP contribution in [0.2, 0.25) is 0 Å². The number of amides is 1. The molecule has 1 saturated heterocycles. The fraction of sp³-hybridized carbons (Fsp3) is 0.524. The molecule has 0 atom stereocenters. The van der Waals surface area contributed by atoms with Gasteiger partial charge in [-0.1, -0.05) is 43.3 Å². The van der Waals surface area contributed by atoms with Crippen LogP contribution >= 0.6 is 0 Å². The molecule has 1 aliphatic heterocycles. The Balaban J connectivity index is 1.53. The molecular weight excluding hydrogens is 326 g/mol. The quantitative estimate of drug-likeness (QED) is 0.858. The predicted molar refractivity (Wildman–Crippen MR) is 102 cm³/mol. The molecule has 1 amide bonds. The zero-order chi connectivity index (χ0) is 18.5. The van der Waals surface area contributed by atoms with Crippen molar-refractivity contribution < 1.29 is 9.32 Å². The Labute approximate surface area is 155 Å². The number of nitrogens with zero attached hydrogens (tertiary/aromatic N) is 2. The molecule has 0 bridgehead atoms. The molecule has 0 unspecified atom stereocenters. The van der Waals surface area contributed by atoms with Crippen molar-refractivity contribution in [3.8, 4) is 0 Å². The molecule has 140 valence electrons. The number of benzene rings is 1. The van der Waals surface area contributed by atoms with Crippen LogP contribution in [0.25, 0.3) is 0 Å². The standard InChI is InChI=1S/C21H29N3O2/c1-4-19-20(16(3)26-23-19)21(25)22-13-17-5-7-18(8-6-17)14-24-11-9-15(2)10-12-24/h5-8,15H,4,9-14H2,1-3H3,(H,22,25). The monoisotopic (exact) mass is 355 g/mol. The van der Waals surface area contributed by atoms with Gasteiger partial charge < -0.3 is 9.84 Å². The molecule has 1 aromatic heterocycles. The summed E-state index contributed by atoms with van der Waals surface area (Å²) in [7, 11) is 0. The van der Waals surface area contributed by atoms with Crippen molar-refractivity contribution in [2.75, 3.05) is 13.1 Å². The van der Waals surface area contributed by atoms with Crippen molar-refractivity contribution >= 4 is 5.91 Å². The summed E-state index contributed by atoms with van der Waals surface area (Å²) in [5, 5.41) is 6.91. The van der Waals surface area contributed by atoms with E-state index in [4.69, 9.17) is 4.52 Å². The fourth-order valence-corrected chi connectivity index (χ4v) is 3.46. The van der Waals surface area contributed by atoms with Gasteiger partial charge >= 0.3 is 0 Å². The van der Waals surface area contributed by atoms with Gasteiger partial charge in [0, 0.05) is 13.1 Å². The van der Waals surface area contributed by atoms with Crippen LogP contribution < -0.4 is 5.32 Å². The van der Waals surface area contributed by atoms with E-state index >= 15 is 0 Å². The zero-order valence-corrected chi connectivity index (χ0v) is 16.0. The SMILES string of the molecule is CCc1noc(C)c1C(=O)NCc1ccc(CN2CCC(C)CC2)cc1. The molecule has 1 N–H and O–H groups in total. The number of rotatable bonds is 6. The molecule has 0 spiro atoms. The highest BCUT2D eigenvalue weighted by atomic mass is 16.5. The van der Waals surface area contributed by atoms with Crippen LogP contribution in [-0.4, -0.2) is 29.1 Å². The maximum Gasteiger partial charge on any atom is 0.257 e. The van der Waals surface area contributed by atoms with E-state index in [-0.39, 0.29) is 5.91 Å². The normalized spacial score (nSPS) is 16.0. The van der Waals surface area contributed by atoms with Gasteiger partial charge in [-0.05, 0) is 56.3 Å². The van der Waals surface area contributed by atoms with Gasteiger partial charge in [0.15, 0.2) is 0 Å². The van der Waals surface area contributed by atoms with Crippen molar-refractivity contribution in [3.05, 3.63) is 52.4 Å². The lowest BCUT2D eigenvalue weighted by Crippen LogP contribution is -2.32. The van der Waals surface area contributed by atoms with Crippen LogP contribution in [0.15, 0.2) is 28.8 Å². The summed E-state index contributed by atoms with van der Waals surface area (Å²) < 4.78 is 5.14. The molecule has 26 heavy (non-hydrogen) atoms. The van der Waals surface area contributed by atoms with Crippen molar-refractivity contribution in [3.63, 3.8) is 0 Å². The lowest BCUT2D eigenvalue weighted by atomic mass is 9.99. The van der Waals surface area contributed by atoms with E-state index in [2.05, 4.69) is 46.6 Å². The molecule has 2 heterocycles. The van der Waals surface area contributed by atoms with Crippen molar-refractivity contribution in [2.45, 2.75) is 53.1 Å². The molecule has 5 nitrogen and oxygen atoms in total. The number of nitrogens with one attached hydrogen (secondary N) is 1. The summed E-state index contributed by atoms with van der Waals surface area (Å²) in [5.41, 5.74) is 3.72. The van der Waals surface area contributed by atoms with E-state index in [1.165, 1.54) is 31.5 Å². The van der Waals surface area contributed by atoms with E-state index in [1.807, 2.05) is 6.92 Å². The Morgan fingerprint density at radius 1 is 1.23 bits per heavy atom. The van der Waals surface area contributed by atoms with Gasteiger partial charge in [0.25, 0.3) is 5.91 Å². The Kier molecular flexibility index (Phi) is 6.09. The number of carbonyl (C=O) groups is 1. The predicted octanol–water partition coefficient (Wildman–Crippen LogP) is 3.71. The largest absolute Gasteiger partial charge is 0.361 e. The van der Waals surface area contributed by atoms with Crippen LogP contribution in [-0.2, 0) is 19.5 Å². The first-order valence-electron chi connectivity index (χ1n) is 9.60. The second kappa shape index (κ2) is 8.49. The highest BCUT2D eigenvalue weighted by molar-refractivity contribution is 5.96. The number of carbonyl (C=O) groups excluding carboxylic acids is 1. The summed E-state index contributed by atoms with van der Waals surface area (Å²) in [6.07, 6.45) is 3.28. The van der Waals surface area contributed by atoms with E-state index in [0.717, 1.165) is 18.0 Å². The van der Waals surface area contributed by atoms with Crippen LogP contribution in [0.5, 0.6) is 0 Å². The molecule has 2 aromatic rings. The molecule has 3 rings (SSSR count). The molecule has 0 saturated carbocycles. The summed E-state index contributed by atoms with van der Waals surface area (Å²) >= 11 is 0. The number of aryl methyl sites for hydroxylation is 2. The van der Waals surface area contributed by atoms with E-state index in [9.17, 15) is 4.79 Å². The first-order valence-corrected chi connectivity index (χ1v) is 9.60. The Hall–Kier alpha value is -2.14. The second-order valence-electron chi connectivity index (χ2n) is 7.37. The lowest BCUT2D eigenvalue weighted by Gasteiger charge is -2.30. The molecular formula is C21H29N3O2. The van der Waals surface area contributed by atoms with Gasteiger partial charge in [-0.2, -0.15) is 0 Å². The topological polar surface area (TPSA) is 58.4 Å². The second-order valence-corrected chi connectivity index (χ2v) is 7.37. The molecule has 5 heteroatoms. The maximum absolute atomic E-state index is 12.4. The summed E-state index contributed by atoms with van der Waals surface area (Å²) in [6.45, 7) is 9.98. The minimum Gasteiger partial charge on any atom is -0.361 e. The van der Waals surface area contributed by atoms with E-state index < -0.39 is 0 Å². The smallest absolute Gasteiger partial charge is 0.257 e. The first-order chi connectivity index (χ1) is 12.6. The summed E-state index contributed by atoms with van der Waals surface area (Å²) in [4.78, 5) is 14.9. The van der Waals surface area contributed by atoms with Crippen LogP contribution in [0.4, 0.5) is 0 Å². The Morgan fingerprint density at radius 2 is 1.88 bits per heavy atom. The highest BCUT2D eigenvalue weighted by Crippen LogP contribution is 2.18. The van der Waals surface area contributed by atoms with Gasteiger partial charge in [-0.15, -0.1) is 0 Å². The van der Waals surface area contributed by atoms with E-state index in [0.29, 0.717) is 30.0 Å². The first kappa shape index (κ1) is 18.6. The van der Waals surface area contributed by atoms with Gasteiger partial charge in [0.2, 0.25) is 0 Å². The van der Waals surface area contributed by atoms with Crippen molar-refractivity contribution in [1.29, 1.82) is 0 Å². The number of likely N-dealkylation sites (tertiary alicyclic amines) is 1. The van der Waals surface area contributed by atoms with Crippen LogP contribution in [0, 0.1) is 12.8 Å². The van der Waals surface area contributed by atoms with Crippen molar-refractivity contribution in [1.82, 2.24) is 15.4 Å². The Bertz CT molecular complexity index is 728. The van der Waals surface area contributed by atoms with Gasteiger partial charge in [0.05, 0.1) is 5.69 Å². The van der Waals surface area contributed by atoms with Gasteiger partial charge in [-0.25, -0.2) is 0 Å². The number of aromatic nitrogens is 1. The fourth-order valence-electron chi connectivity index (χ4n) is 3.46. The Morgan fingerprint density at radius 3 is 2.54 bits per heavy atom. The average Bonchev–Trinajstić information content (AvgIpc) is 3.03. The summed E-state index contributed by atoms with van der Waals surface area (Å²) in [5.74, 6) is 1.32. The minimum atomic E-state index is -0.118. The van der Waals surface area contributed by atoms with Gasteiger partial charge in [0.1, 0.15) is 11.3 Å². The van der Waals surface area contributed by atoms with Crippen LogP contribution in [0.1, 0.15) is 59.6 Å².